The summed E-state index contributed by atoms with van der Waals surface area (Å²) in [5.74, 6) is 2.28. The summed E-state index contributed by atoms with van der Waals surface area (Å²) in [6.45, 7) is 3.95. The van der Waals surface area contributed by atoms with Gasteiger partial charge >= 0.3 is 0 Å². The number of hydrogen-bond acceptors (Lipinski definition) is 7. The highest BCUT2D eigenvalue weighted by atomic mass is 35.5. The second-order valence-electron chi connectivity index (χ2n) is 8.13. The van der Waals surface area contributed by atoms with Crippen LogP contribution in [0.15, 0.2) is 55.1 Å². The van der Waals surface area contributed by atoms with Crippen molar-refractivity contribution in [1.29, 1.82) is 0 Å². The predicted octanol–water partition coefficient (Wildman–Crippen LogP) is 4.33. The van der Waals surface area contributed by atoms with Crippen LogP contribution >= 0.6 is 11.6 Å². The van der Waals surface area contributed by atoms with Crippen molar-refractivity contribution in [2.45, 2.75) is 25.8 Å². The van der Waals surface area contributed by atoms with Gasteiger partial charge in [0, 0.05) is 38.6 Å². The summed E-state index contributed by atoms with van der Waals surface area (Å²) in [5, 5.41) is 8.08. The summed E-state index contributed by atoms with van der Waals surface area (Å²) in [7, 11) is 2.05. The van der Waals surface area contributed by atoms with Crippen LogP contribution in [0, 0.1) is 6.92 Å². The Balaban J connectivity index is 1.28. The number of hydrogen-bond donors (Lipinski definition) is 1. The fourth-order valence-electron chi connectivity index (χ4n) is 4.09. The number of nitrogens with zero attached hydrogens (tertiary/aromatic N) is 7. The highest BCUT2D eigenvalue weighted by Gasteiger charge is 2.25. The number of halogens is 1. The molecule has 5 heterocycles. The molecule has 0 aromatic carbocycles. The highest BCUT2D eigenvalue weighted by Crippen LogP contribution is 2.29. The standard InChI is InChI=1S/C23H25ClN8/c1-16-3-6-21(25-13-16)31-11-8-18(9-12-31)30(2)22-20(24)14-26-23(29-22)28-17-4-5-19-7-10-27-32(19)15-17/h3-7,10,13-15,18H,8-9,11-12H2,1-2H3,(H,26,28,29). The zero-order valence-corrected chi connectivity index (χ0v) is 18.9. The first kappa shape index (κ1) is 20.5. The molecule has 1 aliphatic rings. The molecule has 0 spiro atoms. The number of nitrogens with one attached hydrogen (secondary N) is 1. The molecule has 1 saturated heterocycles. The predicted molar refractivity (Wildman–Crippen MR) is 128 cm³/mol. The molecule has 0 amide bonds. The van der Waals surface area contributed by atoms with Crippen LogP contribution < -0.4 is 15.1 Å². The van der Waals surface area contributed by atoms with Crippen LogP contribution in [0.25, 0.3) is 5.52 Å². The van der Waals surface area contributed by atoms with Crippen molar-refractivity contribution < 1.29 is 0 Å². The number of pyridine rings is 2. The minimum Gasteiger partial charge on any atom is -0.356 e. The molecular formula is C23H25ClN8. The number of anilines is 4. The molecule has 0 bridgehead atoms. The maximum absolute atomic E-state index is 6.49. The Labute approximate surface area is 191 Å². The van der Waals surface area contributed by atoms with Crippen molar-refractivity contribution in [3.05, 3.63) is 65.7 Å². The molecule has 4 aromatic heterocycles. The third-order valence-corrected chi connectivity index (χ3v) is 6.21. The molecule has 0 radical (unpaired) electrons. The Morgan fingerprint density at radius 3 is 2.69 bits per heavy atom. The van der Waals surface area contributed by atoms with Gasteiger partial charge in [-0.3, -0.25) is 0 Å². The SMILES string of the molecule is Cc1ccc(N2CCC(N(C)c3nc(Nc4ccc5ccnn5c4)ncc3Cl)CC2)nc1. The summed E-state index contributed by atoms with van der Waals surface area (Å²) in [6, 6.07) is 10.5. The fourth-order valence-corrected chi connectivity index (χ4v) is 4.31. The molecule has 4 aromatic rings. The van der Waals surface area contributed by atoms with Gasteiger partial charge in [-0.1, -0.05) is 17.7 Å². The van der Waals surface area contributed by atoms with Crippen LogP contribution in [-0.2, 0) is 0 Å². The summed E-state index contributed by atoms with van der Waals surface area (Å²) in [6.07, 6.45) is 9.26. The maximum Gasteiger partial charge on any atom is 0.229 e. The molecule has 164 valence electrons. The van der Waals surface area contributed by atoms with Gasteiger partial charge in [0.15, 0.2) is 5.82 Å². The van der Waals surface area contributed by atoms with E-state index in [0.717, 1.165) is 48.8 Å². The van der Waals surface area contributed by atoms with Gasteiger partial charge in [-0.25, -0.2) is 14.5 Å². The first-order valence-corrected chi connectivity index (χ1v) is 11.1. The Morgan fingerprint density at radius 2 is 1.91 bits per heavy atom. The van der Waals surface area contributed by atoms with E-state index in [2.05, 4.69) is 56.3 Å². The smallest absolute Gasteiger partial charge is 0.229 e. The molecular weight excluding hydrogens is 424 g/mol. The first-order chi connectivity index (χ1) is 15.6. The summed E-state index contributed by atoms with van der Waals surface area (Å²) >= 11 is 6.49. The van der Waals surface area contributed by atoms with Crippen molar-refractivity contribution in [1.82, 2.24) is 24.6 Å². The van der Waals surface area contributed by atoms with E-state index in [-0.39, 0.29) is 0 Å². The monoisotopic (exact) mass is 448 g/mol. The van der Waals surface area contributed by atoms with Gasteiger partial charge in [0.1, 0.15) is 10.8 Å². The van der Waals surface area contributed by atoms with Crippen molar-refractivity contribution in [3.8, 4) is 0 Å². The number of fused-ring (bicyclic) bond motifs is 1. The molecule has 1 N–H and O–H groups in total. The minimum atomic E-state index is 0.345. The maximum atomic E-state index is 6.49. The third-order valence-electron chi connectivity index (χ3n) is 5.94. The van der Waals surface area contributed by atoms with Crippen molar-refractivity contribution in [3.63, 3.8) is 0 Å². The molecule has 8 nitrogen and oxygen atoms in total. The molecule has 32 heavy (non-hydrogen) atoms. The first-order valence-electron chi connectivity index (χ1n) is 10.7. The summed E-state index contributed by atoms with van der Waals surface area (Å²) in [4.78, 5) is 18.2. The number of rotatable bonds is 5. The lowest BCUT2D eigenvalue weighted by Crippen LogP contribution is -2.44. The lowest BCUT2D eigenvalue weighted by Gasteiger charge is -2.38. The van der Waals surface area contributed by atoms with Gasteiger partial charge < -0.3 is 15.1 Å². The zero-order chi connectivity index (χ0) is 22.1. The van der Waals surface area contributed by atoms with Crippen LogP contribution in [0.3, 0.4) is 0 Å². The van der Waals surface area contributed by atoms with Crippen molar-refractivity contribution in [2.24, 2.45) is 0 Å². The third kappa shape index (κ3) is 4.18. The molecule has 0 atom stereocenters. The average Bonchev–Trinajstić information content (AvgIpc) is 3.28. The molecule has 1 aliphatic heterocycles. The molecule has 5 rings (SSSR count). The van der Waals surface area contributed by atoms with E-state index in [9.17, 15) is 0 Å². The quantitative estimate of drug-likeness (QED) is 0.487. The van der Waals surface area contributed by atoms with Crippen LogP contribution in [0.5, 0.6) is 0 Å². The number of aryl methyl sites for hydroxylation is 1. The topological polar surface area (TPSA) is 74.5 Å². The molecule has 1 fully saturated rings. The lowest BCUT2D eigenvalue weighted by atomic mass is 10.0. The number of aromatic nitrogens is 5. The largest absolute Gasteiger partial charge is 0.356 e. The molecule has 0 aliphatic carbocycles. The molecule has 9 heteroatoms. The minimum absolute atomic E-state index is 0.345. The van der Waals surface area contributed by atoms with Crippen LogP contribution in [-0.4, -0.2) is 50.7 Å². The van der Waals surface area contributed by atoms with E-state index in [1.54, 1.807) is 12.4 Å². The van der Waals surface area contributed by atoms with Gasteiger partial charge in [-0.05, 0) is 49.6 Å². The van der Waals surface area contributed by atoms with E-state index < -0.39 is 0 Å². The molecule has 0 unspecified atom stereocenters. The Kier molecular flexibility index (Phi) is 5.53. The molecule has 0 saturated carbocycles. The normalized spacial score (nSPS) is 14.7. The average molecular weight is 449 g/mol. The van der Waals surface area contributed by atoms with E-state index >= 15 is 0 Å². The van der Waals surface area contributed by atoms with Crippen molar-refractivity contribution in [2.75, 3.05) is 35.3 Å². The Hall–Kier alpha value is -3.39. The second-order valence-corrected chi connectivity index (χ2v) is 8.54. The summed E-state index contributed by atoms with van der Waals surface area (Å²) < 4.78 is 1.81. The van der Waals surface area contributed by atoms with Crippen molar-refractivity contribution >= 4 is 40.4 Å². The van der Waals surface area contributed by atoms with Crippen LogP contribution in [0.2, 0.25) is 5.02 Å². The van der Waals surface area contributed by atoms with E-state index in [1.807, 2.05) is 35.1 Å². The van der Waals surface area contributed by atoms with Gasteiger partial charge in [0.25, 0.3) is 0 Å². The Morgan fingerprint density at radius 1 is 1.06 bits per heavy atom. The van der Waals surface area contributed by atoms with Gasteiger partial charge in [-0.15, -0.1) is 0 Å². The highest BCUT2D eigenvalue weighted by molar-refractivity contribution is 6.32. The van der Waals surface area contributed by atoms with E-state index in [4.69, 9.17) is 16.6 Å². The van der Waals surface area contributed by atoms with Crippen LogP contribution in [0.1, 0.15) is 18.4 Å². The van der Waals surface area contributed by atoms with Gasteiger partial charge in [0.2, 0.25) is 5.95 Å². The lowest BCUT2D eigenvalue weighted by molar-refractivity contribution is 0.478. The van der Waals surface area contributed by atoms with Gasteiger partial charge in [0.05, 0.1) is 23.6 Å². The van der Waals surface area contributed by atoms with Gasteiger partial charge in [-0.2, -0.15) is 10.1 Å². The zero-order valence-electron chi connectivity index (χ0n) is 18.1. The van der Waals surface area contributed by atoms with E-state index in [1.165, 1.54) is 5.56 Å². The number of piperidine rings is 1. The van der Waals surface area contributed by atoms with E-state index in [0.29, 0.717) is 17.0 Å². The Bertz CT molecular complexity index is 1210. The van der Waals surface area contributed by atoms with Crippen LogP contribution in [0.4, 0.5) is 23.3 Å². The summed E-state index contributed by atoms with van der Waals surface area (Å²) in [5.41, 5.74) is 3.06. The second kappa shape index (κ2) is 8.63. The fraction of sp³-hybridized carbons (Fsp3) is 0.304.